The van der Waals surface area contributed by atoms with Crippen molar-refractivity contribution in [2.75, 3.05) is 18.0 Å². The van der Waals surface area contributed by atoms with Crippen molar-refractivity contribution in [1.29, 1.82) is 0 Å². The zero-order valence-electron chi connectivity index (χ0n) is 12.4. The van der Waals surface area contributed by atoms with Crippen LogP contribution >= 0.6 is 0 Å². The Kier molecular flexibility index (Phi) is 3.91. The number of oxime groups is 1. The Morgan fingerprint density at radius 1 is 1.27 bits per heavy atom. The van der Waals surface area contributed by atoms with E-state index in [4.69, 9.17) is 5.21 Å². The molecule has 1 aliphatic heterocycles. The maximum atomic E-state index is 12.7. The summed E-state index contributed by atoms with van der Waals surface area (Å²) < 4.78 is 1.34. The van der Waals surface area contributed by atoms with E-state index < -0.39 is 0 Å². The van der Waals surface area contributed by atoms with Crippen LogP contribution in [0.4, 0.5) is 5.69 Å². The molecule has 1 aliphatic rings. The highest BCUT2D eigenvalue weighted by Crippen LogP contribution is 2.31. The Hall–Kier alpha value is -2.63. The Labute approximate surface area is 128 Å². The Bertz CT molecular complexity index is 761. The summed E-state index contributed by atoms with van der Waals surface area (Å²) in [5.74, 6) is 0. The van der Waals surface area contributed by atoms with Crippen LogP contribution in [0.1, 0.15) is 18.4 Å². The summed E-state index contributed by atoms with van der Waals surface area (Å²) in [6.45, 7) is 1.86. The van der Waals surface area contributed by atoms with Gasteiger partial charge >= 0.3 is 0 Å². The fourth-order valence-corrected chi connectivity index (χ4v) is 2.88. The van der Waals surface area contributed by atoms with Crippen LogP contribution in [0, 0.1) is 0 Å². The molecular formula is C16H18N4O2. The lowest BCUT2D eigenvalue weighted by molar-refractivity contribution is 0.322. The Morgan fingerprint density at radius 2 is 2.00 bits per heavy atom. The quantitative estimate of drug-likeness (QED) is 0.533. The number of nitrogens with zero attached hydrogens (tertiary/aromatic N) is 4. The standard InChI is InChI=1S/C16H18N4O2/c1-19-16(21)15(13-7-3-2-6-12(13)10-18-22)14(11-17-19)20-8-4-5-9-20/h2-3,6-7,10-11,22H,4-5,8-9H2,1H3/b18-10+. The van der Waals surface area contributed by atoms with Crippen molar-refractivity contribution >= 4 is 11.9 Å². The third kappa shape index (κ3) is 2.47. The van der Waals surface area contributed by atoms with Gasteiger partial charge < -0.3 is 10.1 Å². The topological polar surface area (TPSA) is 70.7 Å². The number of anilines is 1. The second-order valence-corrected chi connectivity index (χ2v) is 5.36. The molecule has 6 nitrogen and oxygen atoms in total. The van der Waals surface area contributed by atoms with Gasteiger partial charge in [0.2, 0.25) is 0 Å². The monoisotopic (exact) mass is 298 g/mol. The number of aromatic nitrogens is 2. The predicted octanol–water partition coefficient (Wildman–Crippen LogP) is 1.86. The van der Waals surface area contributed by atoms with Crippen molar-refractivity contribution < 1.29 is 5.21 Å². The summed E-state index contributed by atoms with van der Waals surface area (Å²) >= 11 is 0. The first-order valence-electron chi connectivity index (χ1n) is 7.30. The number of rotatable bonds is 3. The molecule has 1 fully saturated rings. The lowest BCUT2D eigenvalue weighted by Gasteiger charge is -2.21. The van der Waals surface area contributed by atoms with Crippen molar-refractivity contribution in [2.45, 2.75) is 12.8 Å². The van der Waals surface area contributed by atoms with Gasteiger partial charge in [-0.2, -0.15) is 5.10 Å². The van der Waals surface area contributed by atoms with Gasteiger partial charge in [-0.3, -0.25) is 4.79 Å². The lowest BCUT2D eigenvalue weighted by Crippen LogP contribution is -2.27. The van der Waals surface area contributed by atoms with Crippen LogP contribution in [0.3, 0.4) is 0 Å². The second-order valence-electron chi connectivity index (χ2n) is 5.36. The summed E-state index contributed by atoms with van der Waals surface area (Å²) in [4.78, 5) is 14.9. The van der Waals surface area contributed by atoms with Gasteiger partial charge in [0, 0.05) is 25.7 Å². The van der Waals surface area contributed by atoms with Gasteiger partial charge in [0.05, 0.1) is 23.7 Å². The molecule has 2 aromatic rings. The first kappa shape index (κ1) is 14.3. The minimum absolute atomic E-state index is 0.150. The second kappa shape index (κ2) is 6.01. The fraction of sp³-hybridized carbons (Fsp3) is 0.312. The molecule has 0 bridgehead atoms. The fourth-order valence-electron chi connectivity index (χ4n) is 2.88. The molecule has 22 heavy (non-hydrogen) atoms. The van der Waals surface area contributed by atoms with E-state index in [0.29, 0.717) is 11.1 Å². The zero-order chi connectivity index (χ0) is 15.5. The minimum atomic E-state index is -0.150. The van der Waals surface area contributed by atoms with E-state index >= 15 is 0 Å². The molecule has 1 aromatic heterocycles. The van der Waals surface area contributed by atoms with E-state index in [1.54, 1.807) is 13.2 Å². The summed E-state index contributed by atoms with van der Waals surface area (Å²) in [7, 11) is 1.64. The van der Waals surface area contributed by atoms with Crippen molar-refractivity contribution in [3.8, 4) is 11.1 Å². The molecule has 0 atom stereocenters. The maximum absolute atomic E-state index is 12.7. The molecule has 6 heteroatoms. The molecule has 0 aliphatic carbocycles. The average molecular weight is 298 g/mol. The van der Waals surface area contributed by atoms with Gasteiger partial charge in [-0.25, -0.2) is 4.68 Å². The smallest absolute Gasteiger partial charge is 0.276 e. The van der Waals surface area contributed by atoms with Crippen LogP contribution in [-0.4, -0.2) is 34.3 Å². The van der Waals surface area contributed by atoms with Crippen molar-refractivity contribution in [3.05, 3.63) is 46.4 Å². The SMILES string of the molecule is Cn1ncc(N2CCCC2)c(-c2ccccc2/C=N/O)c1=O. The zero-order valence-corrected chi connectivity index (χ0v) is 12.4. The van der Waals surface area contributed by atoms with Crippen LogP contribution < -0.4 is 10.5 Å². The highest BCUT2D eigenvalue weighted by atomic mass is 16.4. The van der Waals surface area contributed by atoms with E-state index in [1.807, 2.05) is 24.3 Å². The molecule has 2 heterocycles. The molecule has 1 aromatic carbocycles. The van der Waals surface area contributed by atoms with Crippen LogP contribution in [0.5, 0.6) is 0 Å². The first-order chi connectivity index (χ1) is 10.7. The molecule has 0 radical (unpaired) electrons. The van der Waals surface area contributed by atoms with Gasteiger partial charge in [0.25, 0.3) is 5.56 Å². The Morgan fingerprint density at radius 3 is 2.73 bits per heavy atom. The van der Waals surface area contributed by atoms with Crippen molar-refractivity contribution in [3.63, 3.8) is 0 Å². The number of aryl methyl sites for hydroxylation is 1. The summed E-state index contributed by atoms with van der Waals surface area (Å²) in [5.41, 5.74) is 2.76. The highest BCUT2D eigenvalue weighted by Gasteiger charge is 2.21. The van der Waals surface area contributed by atoms with Crippen molar-refractivity contribution in [1.82, 2.24) is 9.78 Å². The number of hydrogen-bond acceptors (Lipinski definition) is 5. The van der Waals surface area contributed by atoms with Gasteiger partial charge in [0.1, 0.15) is 0 Å². The predicted molar refractivity (Wildman–Crippen MR) is 85.7 cm³/mol. The average Bonchev–Trinajstić information content (AvgIpc) is 3.05. The largest absolute Gasteiger partial charge is 0.411 e. The van der Waals surface area contributed by atoms with Crippen LogP contribution in [0.25, 0.3) is 11.1 Å². The summed E-state index contributed by atoms with van der Waals surface area (Å²) in [5, 5.41) is 16.1. The maximum Gasteiger partial charge on any atom is 0.276 e. The Balaban J connectivity index is 2.25. The number of benzene rings is 1. The molecule has 1 saturated heterocycles. The molecule has 114 valence electrons. The third-order valence-corrected chi connectivity index (χ3v) is 3.99. The third-order valence-electron chi connectivity index (χ3n) is 3.99. The molecule has 3 rings (SSSR count). The van der Waals surface area contributed by atoms with E-state index in [0.717, 1.165) is 37.2 Å². The van der Waals surface area contributed by atoms with Crippen molar-refractivity contribution in [2.24, 2.45) is 12.2 Å². The number of hydrogen-bond donors (Lipinski definition) is 1. The molecular weight excluding hydrogens is 280 g/mol. The molecule has 1 N–H and O–H groups in total. The van der Waals surface area contributed by atoms with E-state index in [-0.39, 0.29) is 5.56 Å². The van der Waals surface area contributed by atoms with E-state index in [9.17, 15) is 4.79 Å². The normalized spacial score (nSPS) is 14.9. The first-order valence-corrected chi connectivity index (χ1v) is 7.30. The van der Waals surface area contributed by atoms with E-state index in [1.165, 1.54) is 10.9 Å². The summed E-state index contributed by atoms with van der Waals surface area (Å²) in [6.07, 6.45) is 5.33. The molecule has 0 unspecified atom stereocenters. The molecule has 0 amide bonds. The van der Waals surface area contributed by atoms with Gasteiger partial charge in [-0.1, -0.05) is 29.4 Å². The summed E-state index contributed by atoms with van der Waals surface area (Å²) in [6, 6.07) is 7.41. The van der Waals surface area contributed by atoms with Crippen LogP contribution in [-0.2, 0) is 7.05 Å². The van der Waals surface area contributed by atoms with E-state index in [2.05, 4.69) is 15.2 Å². The molecule has 0 spiro atoms. The molecule has 0 saturated carbocycles. The minimum Gasteiger partial charge on any atom is -0.411 e. The van der Waals surface area contributed by atoms with Gasteiger partial charge in [0.15, 0.2) is 0 Å². The van der Waals surface area contributed by atoms with Crippen LogP contribution in [0.15, 0.2) is 40.4 Å². The van der Waals surface area contributed by atoms with Gasteiger partial charge in [-0.05, 0) is 18.4 Å². The van der Waals surface area contributed by atoms with Crippen LogP contribution in [0.2, 0.25) is 0 Å². The van der Waals surface area contributed by atoms with Gasteiger partial charge in [-0.15, -0.1) is 0 Å². The highest BCUT2D eigenvalue weighted by molar-refractivity contribution is 5.93. The lowest BCUT2D eigenvalue weighted by atomic mass is 10.00.